The lowest BCUT2D eigenvalue weighted by Gasteiger charge is -2.15. The highest BCUT2D eigenvalue weighted by atomic mass is 16.4. The Morgan fingerprint density at radius 1 is 1.44 bits per heavy atom. The van der Waals surface area contributed by atoms with Gasteiger partial charge in [0.05, 0.1) is 5.69 Å². The second-order valence-electron chi connectivity index (χ2n) is 4.71. The molecular formula is C13H16N2O3. The molecule has 2 rings (SSSR count). The van der Waals surface area contributed by atoms with Crippen LogP contribution in [-0.2, 0) is 4.79 Å². The lowest BCUT2D eigenvalue weighted by molar-refractivity contribution is -0.120. The molecule has 1 amide bonds. The van der Waals surface area contributed by atoms with E-state index in [9.17, 15) is 9.59 Å². The highest BCUT2D eigenvalue weighted by molar-refractivity contribution is 5.99. The van der Waals surface area contributed by atoms with E-state index in [2.05, 4.69) is 17.2 Å². The lowest BCUT2D eigenvalue weighted by atomic mass is 9.97. The van der Waals surface area contributed by atoms with E-state index in [-0.39, 0.29) is 23.2 Å². The van der Waals surface area contributed by atoms with Gasteiger partial charge in [-0.25, -0.2) is 9.78 Å². The van der Waals surface area contributed by atoms with Gasteiger partial charge in [0.1, 0.15) is 0 Å². The van der Waals surface area contributed by atoms with E-state index in [0.717, 1.165) is 19.3 Å². The molecule has 1 aliphatic rings. The molecule has 2 atom stereocenters. The van der Waals surface area contributed by atoms with Gasteiger partial charge in [0.15, 0.2) is 5.69 Å². The molecule has 1 aromatic heterocycles. The Hall–Kier alpha value is -1.91. The number of hydrogen-bond donors (Lipinski definition) is 2. The number of carboxylic acid groups (broad SMARTS) is 1. The minimum absolute atomic E-state index is 0.0214. The van der Waals surface area contributed by atoms with Crippen LogP contribution in [-0.4, -0.2) is 22.0 Å². The average Bonchev–Trinajstić information content (AvgIpc) is 2.76. The van der Waals surface area contributed by atoms with Gasteiger partial charge >= 0.3 is 5.97 Å². The molecule has 0 bridgehead atoms. The van der Waals surface area contributed by atoms with Crippen molar-refractivity contribution in [3.05, 3.63) is 24.0 Å². The zero-order chi connectivity index (χ0) is 13.1. The van der Waals surface area contributed by atoms with Gasteiger partial charge in [-0.2, -0.15) is 0 Å². The Bertz CT molecular complexity index is 473. The monoisotopic (exact) mass is 248 g/mol. The topological polar surface area (TPSA) is 79.3 Å². The van der Waals surface area contributed by atoms with Crippen molar-refractivity contribution in [1.29, 1.82) is 0 Å². The van der Waals surface area contributed by atoms with Crippen molar-refractivity contribution in [3.63, 3.8) is 0 Å². The average molecular weight is 248 g/mol. The molecule has 0 aromatic carbocycles. The van der Waals surface area contributed by atoms with E-state index >= 15 is 0 Å². The molecule has 1 aromatic rings. The number of carboxylic acids is 1. The van der Waals surface area contributed by atoms with Gasteiger partial charge in [-0.15, -0.1) is 0 Å². The van der Waals surface area contributed by atoms with Gasteiger partial charge in [0.25, 0.3) is 0 Å². The van der Waals surface area contributed by atoms with E-state index in [1.54, 1.807) is 12.1 Å². The maximum absolute atomic E-state index is 12.1. The molecule has 0 saturated heterocycles. The fourth-order valence-corrected chi connectivity index (χ4v) is 2.44. The molecule has 1 fully saturated rings. The predicted octanol–water partition coefficient (Wildman–Crippen LogP) is 2.15. The predicted molar refractivity (Wildman–Crippen MR) is 66.3 cm³/mol. The summed E-state index contributed by atoms with van der Waals surface area (Å²) >= 11 is 0. The molecule has 1 aliphatic carbocycles. The normalized spacial score (nSPS) is 22.7. The van der Waals surface area contributed by atoms with Gasteiger partial charge in [0, 0.05) is 12.1 Å². The van der Waals surface area contributed by atoms with Crippen molar-refractivity contribution in [2.45, 2.75) is 26.2 Å². The lowest BCUT2D eigenvalue weighted by Crippen LogP contribution is -2.25. The summed E-state index contributed by atoms with van der Waals surface area (Å²) < 4.78 is 0. The van der Waals surface area contributed by atoms with Crippen LogP contribution in [0.4, 0.5) is 5.69 Å². The summed E-state index contributed by atoms with van der Waals surface area (Å²) in [5.41, 5.74) is 0.158. The number of nitrogens with one attached hydrogen (secondary N) is 1. The molecule has 5 heteroatoms. The van der Waals surface area contributed by atoms with Crippen molar-refractivity contribution in [3.8, 4) is 0 Å². The smallest absolute Gasteiger partial charge is 0.356 e. The number of aromatic carboxylic acids is 1. The third-order valence-electron chi connectivity index (χ3n) is 3.47. The van der Waals surface area contributed by atoms with Gasteiger partial charge in [-0.05, 0) is 30.9 Å². The van der Waals surface area contributed by atoms with E-state index in [4.69, 9.17) is 5.11 Å². The minimum Gasteiger partial charge on any atom is -0.476 e. The van der Waals surface area contributed by atoms with Crippen LogP contribution in [0.5, 0.6) is 0 Å². The Morgan fingerprint density at radius 3 is 2.83 bits per heavy atom. The molecular weight excluding hydrogens is 232 g/mol. The standard InChI is InChI=1S/C13H16N2O3/c1-8-4-2-5-9(8)12(16)15-10-6-3-7-14-11(10)13(17)18/h3,6-9H,2,4-5H2,1H3,(H,15,16)(H,17,18). The van der Waals surface area contributed by atoms with Crippen LogP contribution in [0.25, 0.3) is 0 Å². The zero-order valence-corrected chi connectivity index (χ0v) is 10.2. The quantitative estimate of drug-likeness (QED) is 0.859. The molecule has 0 aliphatic heterocycles. The summed E-state index contributed by atoms with van der Waals surface area (Å²) in [6, 6.07) is 3.17. The summed E-state index contributed by atoms with van der Waals surface area (Å²) in [5.74, 6) is -0.900. The number of amides is 1. The fourth-order valence-electron chi connectivity index (χ4n) is 2.44. The number of carbonyl (C=O) groups excluding carboxylic acids is 1. The van der Waals surface area contributed by atoms with Gasteiger partial charge < -0.3 is 10.4 Å². The van der Waals surface area contributed by atoms with E-state index in [1.165, 1.54) is 6.20 Å². The van der Waals surface area contributed by atoms with E-state index < -0.39 is 5.97 Å². The third-order valence-corrected chi connectivity index (χ3v) is 3.47. The largest absolute Gasteiger partial charge is 0.476 e. The molecule has 18 heavy (non-hydrogen) atoms. The van der Waals surface area contributed by atoms with Crippen molar-refractivity contribution >= 4 is 17.6 Å². The maximum Gasteiger partial charge on any atom is 0.356 e. The number of pyridine rings is 1. The van der Waals surface area contributed by atoms with Crippen molar-refractivity contribution in [2.75, 3.05) is 5.32 Å². The van der Waals surface area contributed by atoms with Gasteiger partial charge in [0.2, 0.25) is 5.91 Å². The molecule has 96 valence electrons. The summed E-state index contributed by atoms with van der Waals surface area (Å²) in [7, 11) is 0. The van der Waals surface area contributed by atoms with Crippen LogP contribution in [0.3, 0.4) is 0 Å². The zero-order valence-electron chi connectivity index (χ0n) is 10.2. The second kappa shape index (κ2) is 5.16. The van der Waals surface area contributed by atoms with Crippen LogP contribution in [0.15, 0.2) is 18.3 Å². The van der Waals surface area contributed by atoms with Crippen LogP contribution in [0.2, 0.25) is 0 Å². The minimum atomic E-state index is -1.13. The Kier molecular flexibility index (Phi) is 3.60. The van der Waals surface area contributed by atoms with Gasteiger partial charge in [-0.1, -0.05) is 13.3 Å². The summed E-state index contributed by atoms with van der Waals surface area (Å²) in [4.78, 5) is 26.8. The Balaban J connectivity index is 2.14. The van der Waals surface area contributed by atoms with E-state index in [0.29, 0.717) is 5.92 Å². The molecule has 1 saturated carbocycles. The van der Waals surface area contributed by atoms with Crippen molar-refractivity contribution in [1.82, 2.24) is 4.98 Å². The Labute approximate surface area is 105 Å². The Morgan fingerprint density at radius 2 is 2.22 bits per heavy atom. The molecule has 1 heterocycles. The fraction of sp³-hybridized carbons (Fsp3) is 0.462. The first kappa shape index (κ1) is 12.5. The number of rotatable bonds is 3. The maximum atomic E-state index is 12.1. The number of carbonyl (C=O) groups is 2. The SMILES string of the molecule is CC1CCCC1C(=O)Nc1cccnc1C(=O)O. The van der Waals surface area contributed by atoms with E-state index in [1.807, 2.05) is 0 Å². The second-order valence-corrected chi connectivity index (χ2v) is 4.71. The van der Waals surface area contributed by atoms with Crippen LogP contribution < -0.4 is 5.32 Å². The van der Waals surface area contributed by atoms with Crippen molar-refractivity contribution < 1.29 is 14.7 Å². The number of anilines is 1. The molecule has 0 spiro atoms. The summed E-state index contributed by atoms with van der Waals surface area (Å²) in [5, 5.41) is 11.7. The number of nitrogens with zero attached hydrogens (tertiary/aromatic N) is 1. The molecule has 0 radical (unpaired) electrons. The summed E-state index contributed by atoms with van der Waals surface area (Å²) in [6.07, 6.45) is 4.38. The summed E-state index contributed by atoms with van der Waals surface area (Å²) in [6.45, 7) is 2.05. The van der Waals surface area contributed by atoms with Crippen LogP contribution in [0, 0.1) is 11.8 Å². The first-order chi connectivity index (χ1) is 8.59. The van der Waals surface area contributed by atoms with Crippen molar-refractivity contribution in [2.24, 2.45) is 11.8 Å². The molecule has 2 N–H and O–H groups in total. The van der Waals surface area contributed by atoms with Crippen LogP contribution >= 0.6 is 0 Å². The van der Waals surface area contributed by atoms with Gasteiger partial charge in [-0.3, -0.25) is 4.79 Å². The first-order valence-corrected chi connectivity index (χ1v) is 6.08. The first-order valence-electron chi connectivity index (χ1n) is 6.08. The molecule has 5 nitrogen and oxygen atoms in total. The number of hydrogen-bond acceptors (Lipinski definition) is 3. The van der Waals surface area contributed by atoms with Crippen LogP contribution in [0.1, 0.15) is 36.7 Å². The number of aromatic nitrogens is 1. The highest BCUT2D eigenvalue weighted by Crippen LogP contribution is 2.32. The third kappa shape index (κ3) is 2.50. The molecule has 2 unspecified atom stereocenters. The highest BCUT2D eigenvalue weighted by Gasteiger charge is 2.30.